The first kappa shape index (κ1) is 24.8. The summed E-state index contributed by atoms with van der Waals surface area (Å²) < 4.78 is 27.0. The van der Waals surface area contributed by atoms with E-state index < -0.39 is 15.3 Å². The number of imidazole rings is 1. The predicted octanol–water partition coefficient (Wildman–Crippen LogP) is 2.58. The van der Waals surface area contributed by atoms with Gasteiger partial charge in [0.15, 0.2) is 0 Å². The normalized spacial score (nSPS) is 21.4. The number of sulfone groups is 1. The molecule has 2 N–H and O–H groups in total. The SMILES string of the molecule is O=C(Cn1c(=O)n(C2CCS(=O)(=O)CC2)c2ccccc21)Nc1ccc2c(c1)CC1(C2)C(=O)Nc2ncccc21. The van der Waals surface area contributed by atoms with Crippen molar-refractivity contribution in [1.29, 1.82) is 0 Å². The minimum Gasteiger partial charge on any atom is -0.325 e. The molecule has 2 aromatic carbocycles. The average Bonchev–Trinajstić information content (AvgIpc) is 3.54. The van der Waals surface area contributed by atoms with Crippen LogP contribution in [0.25, 0.3) is 11.0 Å². The fourth-order valence-corrected chi connectivity index (χ4v) is 8.03. The average molecular weight is 558 g/mol. The molecule has 0 saturated carbocycles. The number of para-hydroxylation sites is 2. The molecule has 1 unspecified atom stereocenters. The van der Waals surface area contributed by atoms with E-state index in [-0.39, 0.29) is 41.6 Å². The Bertz CT molecular complexity index is 1880. The van der Waals surface area contributed by atoms with Crippen LogP contribution in [0.2, 0.25) is 0 Å². The molecule has 11 heteroatoms. The van der Waals surface area contributed by atoms with Crippen molar-refractivity contribution in [2.24, 2.45) is 0 Å². The van der Waals surface area contributed by atoms with Crippen molar-refractivity contribution < 1.29 is 18.0 Å². The van der Waals surface area contributed by atoms with Gasteiger partial charge in [-0.3, -0.25) is 18.7 Å². The van der Waals surface area contributed by atoms with Crippen molar-refractivity contribution in [3.05, 3.63) is 88.0 Å². The zero-order valence-electron chi connectivity index (χ0n) is 21.6. The van der Waals surface area contributed by atoms with Crippen molar-refractivity contribution in [3.8, 4) is 0 Å². The number of hydrogen-bond acceptors (Lipinski definition) is 6. The van der Waals surface area contributed by atoms with Crippen molar-refractivity contribution in [3.63, 3.8) is 0 Å². The van der Waals surface area contributed by atoms with E-state index in [2.05, 4.69) is 15.6 Å². The molecule has 204 valence electrons. The lowest BCUT2D eigenvalue weighted by atomic mass is 9.79. The van der Waals surface area contributed by atoms with Gasteiger partial charge in [0.1, 0.15) is 22.2 Å². The van der Waals surface area contributed by atoms with E-state index in [9.17, 15) is 22.8 Å². The molecule has 0 radical (unpaired) electrons. The third-order valence-corrected chi connectivity index (χ3v) is 10.2. The van der Waals surface area contributed by atoms with Crippen LogP contribution in [0.3, 0.4) is 0 Å². The number of carbonyl (C=O) groups is 2. The maximum Gasteiger partial charge on any atom is 0.329 e. The fraction of sp³-hybridized carbons (Fsp3) is 0.310. The van der Waals surface area contributed by atoms with Gasteiger partial charge < -0.3 is 10.6 Å². The summed E-state index contributed by atoms with van der Waals surface area (Å²) in [7, 11) is -3.08. The second-order valence-electron chi connectivity index (χ2n) is 10.9. The second-order valence-corrected chi connectivity index (χ2v) is 13.2. The van der Waals surface area contributed by atoms with Crippen LogP contribution in [-0.2, 0) is 44.2 Å². The Labute approximate surface area is 230 Å². The summed E-state index contributed by atoms with van der Waals surface area (Å²) in [5, 5.41) is 5.83. The van der Waals surface area contributed by atoms with Gasteiger partial charge in [-0.2, -0.15) is 0 Å². The van der Waals surface area contributed by atoms with E-state index in [1.54, 1.807) is 16.8 Å². The van der Waals surface area contributed by atoms with Gasteiger partial charge >= 0.3 is 5.69 Å². The predicted molar refractivity (Wildman–Crippen MR) is 150 cm³/mol. The van der Waals surface area contributed by atoms with Crippen LogP contribution < -0.4 is 16.3 Å². The van der Waals surface area contributed by atoms with Crippen molar-refractivity contribution in [2.75, 3.05) is 22.1 Å². The maximum absolute atomic E-state index is 13.5. The highest BCUT2D eigenvalue weighted by Gasteiger charge is 2.51. The summed E-state index contributed by atoms with van der Waals surface area (Å²) in [6, 6.07) is 16.5. The van der Waals surface area contributed by atoms with E-state index >= 15 is 0 Å². The van der Waals surface area contributed by atoms with Crippen LogP contribution in [0.15, 0.2) is 65.6 Å². The highest BCUT2D eigenvalue weighted by atomic mass is 32.2. The number of nitrogens with zero attached hydrogens (tertiary/aromatic N) is 3. The Kier molecular flexibility index (Phi) is 5.50. The number of hydrogen-bond donors (Lipinski definition) is 2. The van der Waals surface area contributed by atoms with Crippen LogP contribution >= 0.6 is 0 Å². The second kappa shape index (κ2) is 8.88. The number of anilines is 2. The Balaban J connectivity index is 1.13. The smallest absolute Gasteiger partial charge is 0.325 e. The zero-order chi connectivity index (χ0) is 27.6. The lowest BCUT2D eigenvalue weighted by Gasteiger charge is -2.23. The van der Waals surface area contributed by atoms with Gasteiger partial charge in [-0.15, -0.1) is 0 Å². The number of rotatable bonds is 4. The van der Waals surface area contributed by atoms with Gasteiger partial charge in [-0.1, -0.05) is 24.3 Å². The van der Waals surface area contributed by atoms with Gasteiger partial charge in [0, 0.05) is 23.5 Å². The Hall–Kier alpha value is -4.25. The standard InChI is InChI=1S/C29H27N5O5S/c35-25(17-33-23-5-1-2-6-24(23)34(28(33)37)21-9-12-40(38,39)13-10-21)31-20-8-7-18-15-29(16-19(18)14-20)22-4-3-11-30-26(22)32-27(29)36/h1-8,11,14,21H,9-10,12-13,15-17H2,(H,31,35)(H,30,32,36). The van der Waals surface area contributed by atoms with E-state index in [0.717, 1.165) is 16.7 Å². The van der Waals surface area contributed by atoms with Crippen molar-refractivity contribution >= 4 is 44.2 Å². The van der Waals surface area contributed by atoms with Gasteiger partial charge in [0.2, 0.25) is 11.8 Å². The highest BCUT2D eigenvalue weighted by Crippen LogP contribution is 2.46. The van der Waals surface area contributed by atoms with E-state index in [0.29, 0.717) is 48.2 Å². The number of amides is 2. The van der Waals surface area contributed by atoms with Gasteiger partial charge in [0.25, 0.3) is 0 Å². The summed E-state index contributed by atoms with van der Waals surface area (Å²) in [5.41, 5.74) is 3.85. The lowest BCUT2D eigenvalue weighted by Crippen LogP contribution is -2.35. The summed E-state index contributed by atoms with van der Waals surface area (Å²) in [5.74, 6) is 0.292. The summed E-state index contributed by atoms with van der Waals surface area (Å²) in [4.78, 5) is 44.0. The van der Waals surface area contributed by atoms with Gasteiger partial charge in [-0.05, 0) is 67.1 Å². The number of carbonyl (C=O) groups excluding carboxylic acids is 2. The molecule has 2 aromatic heterocycles. The topological polar surface area (TPSA) is 132 Å². The maximum atomic E-state index is 13.5. The van der Waals surface area contributed by atoms with Crippen LogP contribution in [0.5, 0.6) is 0 Å². The number of aromatic nitrogens is 3. The molecule has 1 spiro atoms. The highest BCUT2D eigenvalue weighted by molar-refractivity contribution is 7.91. The van der Waals surface area contributed by atoms with Crippen LogP contribution in [-0.4, -0.2) is 45.9 Å². The number of benzene rings is 2. The van der Waals surface area contributed by atoms with E-state index in [1.807, 2.05) is 48.5 Å². The minimum absolute atomic E-state index is 0.0491. The van der Waals surface area contributed by atoms with E-state index in [1.165, 1.54) is 4.57 Å². The fourth-order valence-electron chi connectivity index (χ4n) is 6.56. The molecule has 2 aliphatic heterocycles. The van der Waals surface area contributed by atoms with Crippen molar-refractivity contribution in [2.45, 2.75) is 43.7 Å². The molecule has 1 saturated heterocycles. The lowest BCUT2D eigenvalue weighted by molar-refractivity contribution is -0.120. The minimum atomic E-state index is -3.08. The molecule has 4 heterocycles. The number of nitrogens with one attached hydrogen (secondary N) is 2. The number of pyridine rings is 1. The first-order valence-electron chi connectivity index (χ1n) is 13.3. The van der Waals surface area contributed by atoms with Crippen LogP contribution in [0.1, 0.15) is 35.6 Å². The van der Waals surface area contributed by atoms with E-state index in [4.69, 9.17) is 0 Å². The molecular weight excluding hydrogens is 530 g/mol. The van der Waals surface area contributed by atoms with Crippen LogP contribution in [0, 0.1) is 0 Å². The molecule has 1 atom stereocenters. The summed E-state index contributed by atoms with van der Waals surface area (Å²) in [6.07, 6.45) is 3.49. The Morgan fingerprint density at radius 3 is 2.55 bits per heavy atom. The summed E-state index contributed by atoms with van der Waals surface area (Å²) >= 11 is 0. The Morgan fingerprint density at radius 2 is 1.75 bits per heavy atom. The molecule has 40 heavy (non-hydrogen) atoms. The first-order chi connectivity index (χ1) is 19.2. The molecule has 0 bridgehead atoms. The number of fused-ring (bicyclic) bond motifs is 4. The molecule has 1 aliphatic carbocycles. The third kappa shape index (κ3) is 3.87. The molecule has 3 aliphatic rings. The largest absolute Gasteiger partial charge is 0.329 e. The molecule has 10 nitrogen and oxygen atoms in total. The third-order valence-electron chi connectivity index (χ3n) is 8.52. The molecule has 4 aromatic rings. The van der Waals surface area contributed by atoms with Gasteiger partial charge in [-0.25, -0.2) is 18.2 Å². The van der Waals surface area contributed by atoms with Crippen LogP contribution in [0.4, 0.5) is 11.5 Å². The summed E-state index contributed by atoms with van der Waals surface area (Å²) in [6.45, 7) is -0.181. The monoisotopic (exact) mass is 557 g/mol. The first-order valence-corrected chi connectivity index (χ1v) is 15.2. The van der Waals surface area contributed by atoms with Gasteiger partial charge in [0.05, 0.1) is 28.0 Å². The quantitative estimate of drug-likeness (QED) is 0.397. The van der Waals surface area contributed by atoms with Crippen molar-refractivity contribution in [1.82, 2.24) is 14.1 Å². The molecule has 1 fully saturated rings. The molecule has 7 rings (SSSR count). The zero-order valence-corrected chi connectivity index (χ0v) is 22.4. The Morgan fingerprint density at radius 1 is 1.00 bits per heavy atom. The molecular formula is C29H27N5O5S. The molecule has 2 amide bonds.